The molecule has 0 aromatic heterocycles. The van der Waals surface area contributed by atoms with E-state index >= 15 is 0 Å². The molecule has 1 unspecified atom stereocenters. The molecule has 3 nitrogen and oxygen atoms in total. The largest absolute Gasteiger partial charge is 0.496 e. The lowest BCUT2D eigenvalue weighted by Gasteiger charge is -2.17. The third-order valence-corrected chi connectivity index (χ3v) is 2.83. The number of aliphatic hydroxyl groups is 1. The van der Waals surface area contributed by atoms with Crippen LogP contribution in [-0.4, -0.2) is 25.1 Å². The second-order valence-electron chi connectivity index (χ2n) is 3.54. The zero-order valence-corrected chi connectivity index (χ0v) is 10.8. The van der Waals surface area contributed by atoms with Gasteiger partial charge in [-0.25, -0.2) is 0 Å². The monoisotopic (exact) mass is 242 g/mol. The Kier molecular flexibility index (Phi) is 4.96. The van der Waals surface area contributed by atoms with E-state index in [1.54, 1.807) is 14.2 Å². The summed E-state index contributed by atoms with van der Waals surface area (Å²) in [5.74, 6) is 2.09. The van der Waals surface area contributed by atoms with Gasteiger partial charge in [-0.2, -0.15) is 12.6 Å². The topological polar surface area (TPSA) is 38.7 Å². The lowest BCUT2D eigenvalue weighted by molar-refractivity contribution is 0.170. The zero-order valence-electron chi connectivity index (χ0n) is 9.86. The van der Waals surface area contributed by atoms with Crippen molar-refractivity contribution < 1.29 is 14.6 Å². The first-order chi connectivity index (χ1) is 7.65. The van der Waals surface area contributed by atoms with Crippen LogP contribution >= 0.6 is 12.6 Å². The molecule has 4 heteroatoms. The smallest absolute Gasteiger partial charge is 0.131 e. The normalized spacial score (nSPS) is 12.3. The maximum Gasteiger partial charge on any atom is 0.131 e. The molecule has 0 radical (unpaired) electrons. The first-order valence-electron chi connectivity index (χ1n) is 5.16. The summed E-state index contributed by atoms with van der Waals surface area (Å²) in [5, 5.41) is 9.95. The van der Waals surface area contributed by atoms with Crippen molar-refractivity contribution in [2.75, 3.05) is 20.0 Å². The summed E-state index contributed by atoms with van der Waals surface area (Å²) < 4.78 is 10.5. The van der Waals surface area contributed by atoms with E-state index in [2.05, 4.69) is 12.6 Å². The number of benzene rings is 1. The fraction of sp³-hybridized carbons (Fsp3) is 0.500. The Balaban J connectivity index is 3.14. The van der Waals surface area contributed by atoms with Crippen molar-refractivity contribution in [1.29, 1.82) is 0 Å². The molecule has 1 rings (SSSR count). The van der Waals surface area contributed by atoms with Crippen molar-refractivity contribution in [1.82, 2.24) is 0 Å². The SMILES string of the molecule is COc1ccc(C(O)CCS)c(OC)c1C. The maximum absolute atomic E-state index is 9.95. The van der Waals surface area contributed by atoms with Crippen LogP contribution in [-0.2, 0) is 0 Å². The zero-order chi connectivity index (χ0) is 12.1. The second-order valence-corrected chi connectivity index (χ2v) is 3.99. The van der Waals surface area contributed by atoms with E-state index in [1.807, 2.05) is 19.1 Å². The van der Waals surface area contributed by atoms with Gasteiger partial charge >= 0.3 is 0 Å². The lowest BCUT2D eigenvalue weighted by atomic mass is 10.0. The average molecular weight is 242 g/mol. The minimum absolute atomic E-state index is 0.544. The van der Waals surface area contributed by atoms with E-state index < -0.39 is 6.10 Å². The minimum atomic E-state index is -0.544. The quantitative estimate of drug-likeness (QED) is 0.779. The molecule has 16 heavy (non-hydrogen) atoms. The van der Waals surface area contributed by atoms with E-state index in [1.165, 1.54) is 0 Å². The third-order valence-electron chi connectivity index (χ3n) is 2.57. The molecule has 1 atom stereocenters. The van der Waals surface area contributed by atoms with Gasteiger partial charge in [-0.1, -0.05) is 0 Å². The molecule has 0 saturated carbocycles. The Labute approximate surface area is 102 Å². The Bertz CT molecular complexity index is 352. The molecule has 1 aromatic rings. The van der Waals surface area contributed by atoms with Gasteiger partial charge in [0.2, 0.25) is 0 Å². The van der Waals surface area contributed by atoms with E-state index in [4.69, 9.17) is 9.47 Å². The first kappa shape index (κ1) is 13.2. The molecule has 0 fully saturated rings. The van der Waals surface area contributed by atoms with Crippen LogP contribution in [0.5, 0.6) is 11.5 Å². The summed E-state index contributed by atoms with van der Waals surface area (Å²) in [4.78, 5) is 0. The summed E-state index contributed by atoms with van der Waals surface area (Å²) in [6.07, 6.45) is 0.0580. The van der Waals surface area contributed by atoms with Gasteiger partial charge in [-0.15, -0.1) is 0 Å². The Morgan fingerprint density at radius 3 is 2.50 bits per heavy atom. The van der Waals surface area contributed by atoms with Crippen LogP contribution in [0.2, 0.25) is 0 Å². The number of thiol groups is 1. The maximum atomic E-state index is 9.95. The Morgan fingerprint density at radius 1 is 1.31 bits per heavy atom. The highest BCUT2D eigenvalue weighted by atomic mass is 32.1. The molecular formula is C12H18O3S. The van der Waals surface area contributed by atoms with Gasteiger partial charge in [-0.05, 0) is 31.2 Å². The fourth-order valence-corrected chi connectivity index (χ4v) is 1.97. The van der Waals surface area contributed by atoms with Crippen molar-refractivity contribution in [3.8, 4) is 11.5 Å². The predicted octanol–water partition coefficient (Wildman–Crippen LogP) is 2.37. The van der Waals surface area contributed by atoms with Gasteiger partial charge < -0.3 is 14.6 Å². The summed E-state index contributed by atoms with van der Waals surface area (Å²) in [6, 6.07) is 3.67. The van der Waals surface area contributed by atoms with Gasteiger partial charge in [0.05, 0.1) is 20.3 Å². The van der Waals surface area contributed by atoms with Gasteiger partial charge in [-0.3, -0.25) is 0 Å². The molecule has 90 valence electrons. The molecule has 0 amide bonds. The highest BCUT2D eigenvalue weighted by Crippen LogP contribution is 2.35. The third kappa shape index (κ3) is 2.62. The Morgan fingerprint density at radius 2 is 2.00 bits per heavy atom. The highest BCUT2D eigenvalue weighted by molar-refractivity contribution is 7.80. The van der Waals surface area contributed by atoms with Crippen LogP contribution in [0.4, 0.5) is 0 Å². The fourth-order valence-electron chi connectivity index (χ4n) is 1.73. The molecule has 0 aliphatic rings. The van der Waals surface area contributed by atoms with Crippen molar-refractivity contribution in [3.63, 3.8) is 0 Å². The van der Waals surface area contributed by atoms with Crippen LogP contribution in [0.15, 0.2) is 12.1 Å². The van der Waals surface area contributed by atoms with Gasteiger partial charge in [0.1, 0.15) is 11.5 Å². The van der Waals surface area contributed by atoms with Crippen molar-refractivity contribution >= 4 is 12.6 Å². The molecule has 0 spiro atoms. The molecule has 1 N–H and O–H groups in total. The van der Waals surface area contributed by atoms with E-state index in [0.29, 0.717) is 17.9 Å². The molecule has 0 saturated heterocycles. The summed E-state index contributed by atoms with van der Waals surface area (Å²) in [5.41, 5.74) is 1.69. The standard InChI is InChI=1S/C12H18O3S/c1-8-11(14-2)5-4-9(12(8)15-3)10(13)6-7-16/h4-5,10,13,16H,6-7H2,1-3H3. The molecule has 0 aliphatic carbocycles. The van der Waals surface area contributed by atoms with Crippen LogP contribution in [0.3, 0.4) is 0 Å². The van der Waals surface area contributed by atoms with Crippen LogP contribution in [0.25, 0.3) is 0 Å². The lowest BCUT2D eigenvalue weighted by Crippen LogP contribution is -2.03. The first-order valence-corrected chi connectivity index (χ1v) is 5.79. The van der Waals surface area contributed by atoms with Crippen LogP contribution in [0.1, 0.15) is 23.7 Å². The molecule has 0 heterocycles. The van der Waals surface area contributed by atoms with Crippen molar-refractivity contribution in [3.05, 3.63) is 23.3 Å². The molecule has 1 aromatic carbocycles. The van der Waals surface area contributed by atoms with Crippen molar-refractivity contribution in [2.24, 2.45) is 0 Å². The molecule has 0 bridgehead atoms. The summed E-state index contributed by atoms with van der Waals surface area (Å²) >= 11 is 4.11. The van der Waals surface area contributed by atoms with Gasteiger partial charge in [0.15, 0.2) is 0 Å². The number of rotatable bonds is 5. The number of aliphatic hydroxyl groups excluding tert-OH is 1. The van der Waals surface area contributed by atoms with E-state index in [9.17, 15) is 5.11 Å². The summed E-state index contributed by atoms with van der Waals surface area (Å²) in [6.45, 7) is 1.91. The van der Waals surface area contributed by atoms with Gasteiger partial charge in [0, 0.05) is 11.1 Å². The average Bonchev–Trinajstić information content (AvgIpc) is 2.28. The van der Waals surface area contributed by atoms with Crippen LogP contribution in [0, 0.1) is 6.92 Å². The predicted molar refractivity (Wildman–Crippen MR) is 67.7 cm³/mol. The number of methoxy groups -OCH3 is 2. The van der Waals surface area contributed by atoms with E-state index in [0.717, 1.165) is 16.9 Å². The molecule has 0 aliphatic heterocycles. The summed E-state index contributed by atoms with van der Waals surface area (Å²) in [7, 11) is 3.21. The minimum Gasteiger partial charge on any atom is -0.496 e. The second kappa shape index (κ2) is 6.01. The van der Waals surface area contributed by atoms with Crippen LogP contribution < -0.4 is 9.47 Å². The number of ether oxygens (including phenoxy) is 2. The number of hydrogen-bond donors (Lipinski definition) is 2. The van der Waals surface area contributed by atoms with E-state index in [-0.39, 0.29) is 0 Å². The number of hydrogen-bond acceptors (Lipinski definition) is 4. The Hall–Kier alpha value is -0.870. The van der Waals surface area contributed by atoms with Crippen molar-refractivity contribution in [2.45, 2.75) is 19.4 Å². The highest BCUT2D eigenvalue weighted by Gasteiger charge is 2.16. The van der Waals surface area contributed by atoms with Gasteiger partial charge in [0.25, 0.3) is 0 Å². The molecular weight excluding hydrogens is 224 g/mol.